The predicted octanol–water partition coefficient (Wildman–Crippen LogP) is 3.66. The molecule has 0 saturated carbocycles. The van der Waals surface area contributed by atoms with E-state index in [1.54, 1.807) is 20.8 Å². The highest BCUT2D eigenvalue weighted by Crippen LogP contribution is 2.45. The summed E-state index contributed by atoms with van der Waals surface area (Å²) in [4.78, 5) is 30.5. The summed E-state index contributed by atoms with van der Waals surface area (Å²) in [7, 11) is 0. The Morgan fingerprint density at radius 1 is 1.25 bits per heavy atom. The molecular formula is C27H41NO7S. The Balaban J connectivity index is 1.85. The predicted molar refractivity (Wildman–Crippen MR) is 137 cm³/mol. The third kappa shape index (κ3) is 6.61. The topological polar surface area (TPSA) is 129 Å². The van der Waals surface area contributed by atoms with Crippen molar-refractivity contribution in [1.29, 1.82) is 0 Å². The number of aliphatic hydroxyl groups excluding tert-OH is 3. The lowest BCUT2D eigenvalue weighted by atomic mass is 9.73. The molecule has 8 nitrogen and oxygen atoms in total. The summed E-state index contributed by atoms with van der Waals surface area (Å²) >= 11 is 1.35. The molecule has 1 aromatic heterocycles. The van der Waals surface area contributed by atoms with Crippen molar-refractivity contribution in [1.82, 2.24) is 4.98 Å². The van der Waals surface area contributed by atoms with E-state index in [-0.39, 0.29) is 36.4 Å². The van der Waals surface area contributed by atoms with Crippen molar-refractivity contribution >= 4 is 29.2 Å². The maximum absolute atomic E-state index is 13.2. The fraction of sp³-hybridized carbons (Fsp3) is 0.741. The quantitative estimate of drug-likeness (QED) is 0.404. The lowest BCUT2D eigenvalue weighted by Crippen LogP contribution is -2.45. The van der Waals surface area contributed by atoms with Crippen molar-refractivity contribution in [3.05, 3.63) is 21.7 Å². The number of carbonyl (C=O) groups excluding carboxylic acids is 2. The van der Waals surface area contributed by atoms with Gasteiger partial charge >= 0.3 is 5.97 Å². The molecule has 36 heavy (non-hydrogen) atoms. The van der Waals surface area contributed by atoms with Crippen LogP contribution in [-0.4, -0.2) is 62.1 Å². The number of aromatic nitrogens is 1. The second-order valence-electron chi connectivity index (χ2n) is 11.3. The average Bonchev–Trinajstić information content (AvgIpc) is 3.23. The molecule has 202 valence electrons. The summed E-state index contributed by atoms with van der Waals surface area (Å²) in [6, 6.07) is 0. The van der Waals surface area contributed by atoms with E-state index < -0.39 is 35.6 Å². The fourth-order valence-electron chi connectivity index (χ4n) is 5.08. The summed E-state index contributed by atoms with van der Waals surface area (Å²) in [5.74, 6) is -1.64. The molecule has 2 saturated heterocycles. The number of fused-ring (bicyclic) bond motifs is 1. The highest BCUT2D eigenvalue weighted by Gasteiger charge is 2.53. The smallest absolute Gasteiger partial charge is 0.309 e. The molecule has 2 aliphatic heterocycles. The number of carbonyl (C=O) groups is 2. The first kappa shape index (κ1) is 28.9. The molecule has 0 radical (unpaired) electrons. The van der Waals surface area contributed by atoms with E-state index in [4.69, 9.17) is 9.47 Å². The first-order chi connectivity index (χ1) is 16.8. The van der Waals surface area contributed by atoms with Gasteiger partial charge in [-0.05, 0) is 44.3 Å². The molecule has 0 aromatic carbocycles. The van der Waals surface area contributed by atoms with Gasteiger partial charge in [0, 0.05) is 17.7 Å². The number of hydrogen-bond acceptors (Lipinski definition) is 9. The van der Waals surface area contributed by atoms with Crippen LogP contribution < -0.4 is 0 Å². The van der Waals surface area contributed by atoms with E-state index in [0.717, 1.165) is 24.8 Å². The Morgan fingerprint density at radius 2 is 1.94 bits per heavy atom. The number of ketones is 1. The van der Waals surface area contributed by atoms with Gasteiger partial charge in [-0.25, -0.2) is 4.98 Å². The number of esters is 1. The van der Waals surface area contributed by atoms with Gasteiger partial charge in [-0.3, -0.25) is 9.59 Å². The first-order valence-corrected chi connectivity index (χ1v) is 13.7. The third-order valence-electron chi connectivity index (χ3n) is 8.00. The SMILES string of the molecule is C/C(=C\c1csc(CO)n1)[C@@H]1CC2OC2(C)CCC[C@H](C)[C@H](O)[C@@H](C)C(=O)C(C)(C)[C@@H](O)CC(=O)O1. The van der Waals surface area contributed by atoms with Gasteiger partial charge in [-0.2, -0.15) is 0 Å². The van der Waals surface area contributed by atoms with Crippen molar-refractivity contribution in [2.45, 2.75) is 110 Å². The van der Waals surface area contributed by atoms with E-state index in [0.29, 0.717) is 17.1 Å². The Morgan fingerprint density at radius 3 is 2.58 bits per heavy atom. The standard InChI is InChI=1S/C27H41NO7S/c1-15-8-7-9-27(6)21(35-27)11-19(16(2)10-18-14-36-22(13-29)28-18)34-23(31)12-20(30)26(4,5)25(33)17(3)24(15)32/h10,14-15,17,19-21,24,29-30,32H,7-9,11-13H2,1-6H3/b16-10+/t15-,17+,19-,20-,21?,24-,27?/m0/s1. The van der Waals surface area contributed by atoms with Crippen LogP contribution in [0.2, 0.25) is 0 Å². The van der Waals surface area contributed by atoms with E-state index in [2.05, 4.69) is 4.98 Å². The molecule has 0 spiro atoms. The molecular weight excluding hydrogens is 482 g/mol. The first-order valence-electron chi connectivity index (χ1n) is 12.8. The average molecular weight is 524 g/mol. The monoisotopic (exact) mass is 523 g/mol. The Kier molecular flexibility index (Phi) is 9.15. The van der Waals surface area contributed by atoms with Crippen LogP contribution >= 0.6 is 11.3 Å². The van der Waals surface area contributed by atoms with E-state index >= 15 is 0 Å². The molecule has 0 bridgehead atoms. The maximum Gasteiger partial charge on any atom is 0.309 e. The molecule has 3 N–H and O–H groups in total. The minimum Gasteiger partial charge on any atom is -0.458 e. The molecule has 0 amide bonds. The van der Waals surface area contributed by atoms with Crippen molar-refractivity contribution in [2.75, 3.05) is 0 Å². The molecule has 2 fully saturated rings. The van der Waals surface area contributed by atoms with Gasteiger partial charge in [0.15, 0.2) is 0 Å². The molecule has 9 heteroatoms. The second-order valence-corrected chi connectivity index (χ2v) is 12.2. The molecule has 3 heterocycles. The summed E-state index contributed by atoms with van der Waals surface area (Å²) in [6.45, 7) is 10.6. The van der Waals surface area contributed by atoms with Crippen molar-refractivity contribution in [2.24, 2.45) is 17.3 Å². The van der Waals surface area contributed by atoms with Crippen LogP contribution in [0.5, 0.6) is 0 Å². The molecule has 1 aromatic rings. The molecule has 3 rings (SSSR count). The second kappa shape index (κ2) is 11.4. The zero-order valence-electron chi connectivity index (χ0n) is 22.2. The van der Waals surface area contributed by atoms with Crippen LogP contribution in [-0.2, 0) is 25.7 Å². The van der Waals surface area contributed by atoms with Crippen molar-refractivity contribution < 1.29 is 34.4 Å². The minimum absolute atomic E-state index is 0.0860. The zero-order chi connectivity index (χ0) is 26.8. The van der Waals surface area contributed by atoms with Gasteiger partial charge in [-0.1, -0.05) is 34.1 Å². The van der Waals surface area contributed by atoms with Crippen LogP contribution in [0.25, 0.3) is 6.08 Å². The largest absolute Gasteiger partial charge is 0.458 e. The van der Waals surface area contributed by atoms with E-state index in [9.17, 15) is 24.9 Å². The number of ether oxygens (including phenoxy) is 2. The van der Waals surface area contributed by atoms with Crippen LogP contribution in [0, 0.1) is 17.3 Å². The normalized spacial score (nSPS) is 36.8. The maximum atomic E-state index is 13.2. The number of aliphatic hydroxyl groups is 3. The summed E-state index contributed by atoms with van der Waals surface area (Å²) in [5, 5.41) is 33.4. The summed E-state index contributed by atoms with van der Waals surface area (Å²) in [5.41, 5.74) is -0.0964. The van der Waals surface area contributed by atoms with Gasteiger partial charge in [0.25, 0.3) is 0 Å². The zero-order valence-corrected chi connectivity index (χ0v) is 23.0. The number of nitrogens with zero attached hydrogens (tertiary/aromatic N) is 1. The van der Waals surface area contributed by atoms with Crippen LogP contribution in [0.4, 0.5) is 0 Å². The van der Waals surface area contributed by atoms with Crippen LogP contribution in [0.1, 0.15) is 84.3 Å². The lowest BCUT2D eigenvalue weighted by molar-refractivity contribution is -0.154. The number of cyclic esters (lactones) is 1. The number of hydrogen-bond donors (Lipinski definition) is 3. The van der Waals surface area contributed by atoms with Gasteiger partial charge < -0.3 is 24.8 Å². The summed E-state index contributed by atoms with van der Waals surface area (Å²) < 4.78 is 11.9. The summed E-state index contributed by atoms with van der Waals surface area (Å²) in [6.07, 6.45) is 1.60. The number of thiazole rings is 1. The van der Waals surface area contributed by atoms with E-state index in [1.807, 2.05) is 32.2 Å². The number of epoxide rings is 1. The third-order valence-corrected chi connectivity index (χ3v) is 8.85. The molecule has 7 atom stereocenters. The highest BCUT2D eigenvalue weighted by molar-refractivity contribution is 7.09. The highest BCUT2D eigenvalue weighted by atomic mass is 32.1. The van der Waals surface area contributed by atoms with Crippen molar-refractivity contribution in [3.8, 4) is 0 Å². The van der Waals surface area contributed by atoms with Crippen LogP contribution in [0.15, 0.2) is 11.0 Å². The van der Waals surface area contributed by atoms with Gasteiger partial charge in [0.05, 0.1) is 48.0 Å². The fourth-order valence-corrected chi connectivity index (χ4v) is 5.69. The Labute approximate surface area is 217 Å². The Bertz CT molecular complexity index is 973. The lowest BCUT2D eigenvalue weighted by Gasteiger charge is -2.34. The van der Waals surface area contributed by atoms with E-state index in [1.165, 1.54) is 11.3 Å². The van der Waals surface area contributed by atoms with Gasteiger partial charge in [0.2, 0.25) is 0 Å². The van der Waals surface area contributed by atoms with Gasteiger partial charge in [-0.15, -0.1) is 11.3 Å². The molecule has 2 unspecified atom stereocenters. The molecule has 2 aliphatic rings. The number of rotatable bonds is 3. The van der Waals surface area contributed by atoms with Crippen LogP contribution in [0.3, 0.4) is 0 Å². The molecule has 0 aliphatic carbocycles. The number of Topliss-reactive ketones (excluding diaryl/α,β-unsaturated/α-hetero) is 1. The minimum atomic E-state index is -1.26. The van der Waals surface area contributed by atoms with Gasteiger partial charge in [0.1, 0.15) is 16.9 Å². The van der Waals surface area contributed by atoms with Crippen molar-refractivity contribution in [3.63, 3.8) is 0 Å². The Hall–Kier alpha value is -1.65.